The Kier molecular flexibility index (Phi) is 7.96. The van der Waals surface area contributed by atoms with E-state index in [9.17, 15) is 14.7 Å². The highest BCUT2D eigenvalue weighted by Gasteiger charge is 2.47. The molecule has 0 radical (unpaired) electrons. The van der Waals surface area contributed by atoms with E-state index in [1.54, 1.807) is 31.4 Å². The minimum atomic E-state index is -0.922. The number of rotatable bonds is 7. The summed E-state index contributed by atoms with van der Waals surface area (Å²) in [7, 11) is 3.06. The smallest absolute Gasteiger partial charge is 0.300 e. The molecule has 1 unspecified atom stereocenters. The number of carbonyl (C=O) groups is 2. The summed E-state index contributed by atoms with van der Waals surface area (Å²) in [6.07, 6.45) is 0. The van der Waals surface area contributed by atoms with Gasteiger partial charge in [-0.25, -0.2) is 0 Å². The van der Waals surface area contributed by atoms with Gasteiger partial charge in [-0.15, -0.1) is 0 Å². The summed E-state index contributed by atoms with van der Waals surface area (Å²) in [6.45, 7) is 12.3. The lowest BCUT2D eigenvalue weighted by atomic mass is 9.85. The minimum absolute atomic E-state index is 0.0267. The first-order valence-electron chi connectivity index (χ1n) is 13.3. The van der Waals surface area contributed by atoms with Crippen LogP contribution in [0, 0.1) is 13.8 Å². The molecule has 0 aromatic heterocycles. The summed E-state index contributed by atoms with van der Waals surface area (Å²) < 4.78 is 16.9. The zero-order valence-corrected chi connectivity index (χ0v) is 24.4. The summed E-state index contributed by atoms with van der Waals surface area (Å²) >= 11 is 0. The molecule has 1 aliphatic rings. The van der Waals surface area contributed by atoms with Gasteiger partial charge in [0, 0.05) is 5.69 Å². The largest absolute Gasteiger partial charge is 0.507 e. The third-order valence-electron chi connectivity index (χ3n) is 7.05. The van der Waals surface area contributed by atoms with Crippen LogP contribution in [0.15, 0.2) is 60.2 Å². The average Bonchev–Trinajstić information content (AvgIpc) is 3.17. The Labute approximate surface area is 236 Å². The quantitative estimate of drug-likeness (QED) is 0.204. The van der Waals surface area contributed by atoms with Gasteiger partial charge in [0.15, 0.2) is 11.5 Å². The average molecular weight is 544 g/mol. The molecule has 3 aromatic carbocycles. The van der Waals surface area contributed by atoms with Crippen molar-refractivity contribution < 1.29 is 28.9 Å². The summed E-state index contributed by atoms with van der Waals surface area (Å²) in [5.41, 5.74) is 4.08. The molecule has 0 spiro atoms. The lowest BCUT2D eigenvalue weighted by Gasteiger charge is -2.27. The molecule has 7 heteroatoms. The Morgan fingerprint density at radius 1 is 0.875 bits per heavy atom. The zero-order valence-electron chi connectivity index (χ0n) is 24.4. The van der Waals surface area contributed by atoms with E-state index in [1.807, 2.05) is 51.1 Å². The molecule has 1 heterocycles. The molecule has 3 aromatic rings. The van der Waals surface area contributed by atoms with Crippen LogP contribution in [0.2, 0.25) is 0 Å². The molecule has 1 fully saturated rings. The van der Waals surface area contributed by atoms with Crippen LogP contribution in [0.25, 0.3) is 5.76 Å². The molecule has 0 saturated carbocycles. The van der Waals surface area contributed by atoms with Crippen LogP contribution in [-0.4, -0.2) is 37.6 Å². The van der Waals surface area contributed by atoms with E-state index < -0.39 is 17.7 Å². The van der Waals surface area contributed by atoms with Crippen LogP contribution in [0.4, 0.5) is 5.69 Å². The molecular formula is C33H37NO6. The van der Waals surface area contributed by atoms with E-state index >= 15 is 0 Å². The van der Waals surface area contributed by atoms with Crippen molar-refractivity contribution in [3.8, 4) is 17.2 Å². The van der Waals surface area contributed by atoms with E-state index in [1.165, 1.54) is 12.0 Å². The molecule has 1 saturated heterocycles. The van der Waals surface area contributed by atoms with Crippen molar-refractivity contribution in [2.45, 2.75) is 53.0 Å². The second-order valence-corrected chi connectivity index (χ2v) is 11.0. The van der Waals surface area contributed by atoms with E-state index in [-0.39, 0.29) is 16.7 Å². The van der Waals surface area contributed by atoms with Crippen molar-refractivity contribution in [3.05, 3.63) is 88.0 Å². The molecule has 210 valence electrons. The lowest BCUT2D eigenvalue weighted by Crippen LogP contribution is -2.29. The van der Waals surface area contributed by atoms with Crippen molar-refractivity contribution >= 4 is 23.1 Å². The monoisotopic (exact) mass is 543 g/mol. The standard InChI is InChI=1S/C33H37NO6/c1-9-40-27-17-21(10-12-26(27)39-8)29-28(30(35)24-18-22(33(4,5)6)11-13-25(24)38-7)31(36)32(37)34(29)23-15-19(2)14-20(3)16-23/h10-18,29,35H,9H2,1-8H3/b30-28+. The normalized spacial score (nSPS) is 16.8. The van der Waals surface area contributed by atoms with Crippen molar-refractivity contribution in [2.24, 2.45) is 0 Å². The number of nitrogens with zero attached hydrogens (tertiary/aromatic N) is 1. The first kappa shape index (κ1) is 28.7. The third-order valence-corrected chi connectivity index (χ3v) is 7.05. The number of anilines is 1. The van der Waals surface area contributed by atoms with Gasteiger partial charge >= 0.3 is 0 Å². The number of aryl methyl sites for hydroxylation is 2. The van der Waals surface area contributed by atoms with Crippen LogP contribution < -0.4 is 19.1 Å². The Balaban J connectivity index is 2.04. The number of carbonyl (C=O) groups excluding carboxylic acids is 2. The zero-order chi connectivity index (χ0) is 29.4. The van der Waals surface area contributed by atoms with Gasteiger partial charge in [-0.05, 0) is 84.8 Å². The van der Waals surface area contributed by atoms with Crippen LogP contribution in [0.1, 0.15) is 61.6 Å². The predicted molar refractivity (Wildman–Crippen MR) is 157 cm³/mol. The predicted octanol–water partition coefficient (Wildman–Crippen LogP) is 6.64. The number of hydrogen-bond donors (Lipinski definition) is 1. The topological polar surface area (TPSA) is 85.3 Å². The summed E-state index contributed by atoms with van der Waals surface area (Å²) in [4.78, 5) is 28.9. The summed E-state index contributed by atoms with van der Waals surface area (Å²) in [5.74, 6) is -0.414. The fourth-order valence-corrected chi connectivity index (χ4v) is 5.14. The maximum absolute atomic E-state index is 13.8. The van der Waals surface area contributed by atoms with Gasteiger partial charge in [-0.2, -0.15) is 0 Å². The molecular weight excluding hydrogens is 506 g/mol. The molecule has 40 heavy (non-hydrogen) atoms. The minimum Gasteiger partial charge on any atom is -0.507 e. The van der Waals surface area contributed by atoms with E-state index in [2.05, 4.69) is 20.8 Å². The molecule has 1 aliphatic heterocycles. The fourth-order valence-electron chi connectivity index (χ4n) is 5.14. The Morgan fingerprint density at radius 3 is 2.08 bits per heavy atom. The van der Waals surface area contributed by atoms with Gasteiger partial charge in [0.25, 0.3) is 11.7 Å². The number of benzene rings is 3. The van der Waals surface area contributed by atoms with Crippen LogP contribution in [0.5, 0.6) is 17.2 Å². The van der Waals surface area contributed by atoms with Crippen molar-refractivity contribution in [3.63, 3.8) is 0 Å². The van der Waals surface area contributed by atoms with Crippen molar-refractivity contribution in [2.75, 3.05) is 25.7 Å². The first-order valence-corrected chi connectivity index (χ1v) is 13.3. The summed E-state index contributed by atoms with van der Waals surface area (Å²) in [6, 6.07) is 15.6. The number of ether oxygens (including phenoxy) is 3. The maximum atomic E-state index is 13.8. The second kappa shape index (κ2) is 11.1. The number of aliphatic hydroxyl groups excluding tert-OH is 1. The van der Waals surface area contributed by atoms with Gasteiger partial charge in [0.2, 0.25) is 0 Å². The SMILES string of the molecule is CCOc1cc(C2/C(=C(\O)c3cc(C(C)(C)C)ccc3OC)C(=O)C(=O)N2c2cc(C)cc(C)c2)ccc1OC. The Bertz CT molecular complexity index is 1480. The maximum Gasteiger partial charge on any atom is 0.300 e. The van der Waals surface area contributed by atoms with Crippen LogP contribution in [0.3, 0.4) is 0 Å². The Hall–Kier alpha value is -4.26. The number of Topliss-reactive ketones (excluding diaryl/α,β-unsaturated/α-hetero) is 1. The molecule has 1 N–H and O–H groups in total. The highest BCUT2D eigenvalue weighted by molar-refractivity contribution is 6.51. The second-order valence-electron chi connectivity index (χ2n) is 11.0. The van der Waals surface area contributed by atoms with Crippen LogP contribution >= 0.6 is 0 Å². The number of methoxy groups -OCH3 is 2. The molecule has 4 rings (SSSR count). The van der Waals surface area contributed by atoms with E-state index in [0.29, 0.717) is 40.7 Å². The number of aliphatic hydroxyl groups is 1. The molecule has 0 bridgehead atoms. The Morgan fingerprint density at radius 2 is 1.50 bits per heavy atom. The fraction of sp³-hybridized carbons (Fsp3) is 0.333. The molecule has 1 amide bonds. The third kappa shape index (κ3) is 5.28. The molecule has 7 nitrogen and oxygen atoms in total. The van der Waals surface area contributed by atoms with Gasteiger partial charge < -0.3 is 19.3 Å². The summed E-state index contributed by atoms with van der Waals surface area (Å²) in [5, 5.41) is 11.8. The molecule has 1 atom stereocenters. The van der Waals surface area contributed by atoms with E-state index in [4.69, 9.17) is 14.2 Å². The first-order chi connectivity index (χ1) is 18.9. The van der Waals surface area contributed by atoms with Gasteiger partial charge in [-0.3, -0.25) is 14.5 Å². The number of ketones is 1. The molecule has 0 aliphatic carbocycles. The van der Waals surface area contributed by atoms with Crippen molar-refractivity contribution in [1.29, 1.82) is 0 Å². The van der Waals surface area contributed by atoms with Gasteiger partial charge in [-0.1, -0.05) is 39.0 Å². The van der Waals surface area contributed by atoms with Crippen molar-refractivity contribution in [1.82, 2.24) is 0 Å². The highest BCUT2D eigenvalue weighted by atomic mass is 16.5. The van der Waals surface area contributed by atoms with Gasteiger partial charge in [0.1, 0.15) is 11.5 Å². The lowest BCUT2D eigenvalue weighted by molar-refractivity contribution is -0.132. The van der Waals surface area contributed by atoms with Gasteiger partial charge in [0.05, 0.1) is 38.0 Å². The van der Waals surface area contributed by atoms with E-state index in [0.717, 1.165) is 16.7 Å². The van der Waals surface area contributed by atoms with Crippen LogP contribution in [-0.2, 0) is 15.0 Å². The highest BCUT2D eigenvalue weighted by Crippen LogP contribution is 2.45. The number of amides is 1. The number of hydrogen-bond acceptors (Lipinski definition) is 6.